The molecule has 0 saturated carbocycles. The Kier molecular flexibility index (Phi) is 11.6. The molecule has 0 heterocycles. The number of carboxylic acid groups (broad SMARTS) is 1. The summed E-state index contributed by atoms with van der Waals surface area (Å²) >= 11 is 0. The highest BCUT2D eigenvalue weighted by Gasteiger charge is 1.99. The van der Waals surface area contributed by atoms with Crippen LogP contribution in [0.15, 0.2) is 24.3 Å². The highest BCUT2D eigenvalue weighted by Crippen LogP contribution is 2.09. The molecule has 0 aliphatic heterocycles. The zero-order valence-corrected chi connectivity index (χ0v) is 11.3. The van der Waals surface area contributed by atoms with Crippen molar-refractivity contribution >= 4 is 5.97 Å². The van der Waals surface area contributed by atoms with E-state index in [-0.39, 0.29) is 12.5 Å². The van der Waals surface area contributed by atoms with Gasteiger partial charge in [-0.05, 0) is 19.3 Å². The van der Waals surface area contributed by atoms with Crippen LogP contribution in [0.4, 0.5) is 0 Å². The third kappa shape index (κ3) is 13.0. The molecule has 104 valence electrons. The quantitative estimate of drug-likeness (QED) is 0.437. The van der Waals surface area contributed by atoms with E-state index in [9.17, 15) is 9.90 Å². The topological polar surface area (TPSA) is 57.5 Å². The molecule has 0 aliphatic carbocycles. The largest absolute Gasteiger partial charge is 0.481 e. The summed E-state index contributed by atoms with van der Waals surface area (Å²) in [6.45, 7) is 2.07. The van der Waals surface area contributed by atoms with Crippen molar-refractivity contribution in [2.75, 3.05) is 0 Å². The molecular formula is C15H26O3. The zero-order valence-electron chi connectivity index (χ0n) is 11.3. The van der Waals surface area contributed by atoms with Gasteiger partial charge in [0.1, 0.15) is 0 Å². The van der Waals surface area contributed by atoms with Crippen LogP contribution >= 0.6 is 0 Å². The summed E-state index contributed by atoms with van der Waals surface area (Å²) in [6, 6.07) is 0. The van der Waals surface area contributed by atoms with E-state index >= 15 is 0 Å². The summed E-state index contributed by atoms with van der Waals surface area (Å²) in [4.78, 5) is 10.3. The standard InChI is InChI=1S/C15H26O3/c1-2-3-4-8-11-14(16)12-9-6-5-7-10-13-15(17)18/h3-4,8,11,14,16H,2,5-7,9-10,12-13H2,1H3,(H,17,18). The van der Waals surface area contributed by atoms with Gasteiger partial charge < -0.3 is 10.2 Å². The summed E-state index contributed by atoms with van der Waals surface area (Å²) in [7, 11) is 0. The van der Waals surface area contributed by atoms with Crippen molar-refractivity contribution in [3.63, 3.8) is 0 Å². The average molecular weight is 254 g/mol. The number of aliphatic hydroxyl groups excluding tert-OH is 1. The molecule has 0 amide bonds. The minimum atomic E-state index is -0.712. The van der Waals surface area contributed by atoms with Crippen LogP contribution < -0.4 is 0 Å². The van der Waals surface area contributed by atoms with Crippen LogP contribution in [-0.4, -0.2) is 22.3 Å². The van der Waals surface area contributed by atoms with Gasteiger partial charge >= 0.3 is 5.97 Å². The molecular weight excluding hydrogens is 228 g/mol. The van der Waals surface area contributed by atoms with Gasteiger partial charge in [0.25, 0.3) is 0 Å². The number of hydrogen-bond acceptors (Lipinski definition) is 2. The molecule has 0 bridgehead atoms. The molecule has 0 rings (SSSR count). The normalized spacial score (nSPS) is 13.4. The molecule has 2 N–H and O–H groups in total. The Morgan fingerprint density at radius 2 is 1.78 bits per heavy atom. The smallest absolute Gasteiger partial charge is 0.303 e. The van der Waals surface area contributed by atoms with E-state index in [1.807, 2.05) is 24.3 Å². The van der Waals surface area contributed by atoms with Gasteiger partial charge in [-0.1, -0.05) is 56.9 Å². The predicted molar refractivity (Wildman–Crippen MR) is 74.5 cm³/mol. The third-order valence-corrected chi connectivity index (χ3v) is 2.71. The third-order valence-electron chi connectivity index (χ3n) is 2.71. The van der Waals surface area contributed by atoms with Gasteiger partial charge in [0, 0.05) is 6.42 Å². The van der Waals surface area contributed by atoms with Gasteiger partial charge in [-0.25, -0.2) is 0 Å². The van der Waals surface area contributed by atoms with E-state index in [1.54, 1.807) is 0 Å². The van der Waals surface area contributed by atoms with Crippen molar-refractivity contribution in [2.45, 2.75) is 64.4 Å². The van der Waals surface area contributed by atoms with Gasteiger partial charge in [-0.2, -0.15) is 0 Å². The molecule has 1 unspecified atom stereocenters. The number of carbonyl (C=O) groups is 1. The lowest BCUT2D eigenvalue weighted by Crippen LogP contribution is -2.01. The van der Waals surface area contributed by atoms with Crippen molar-refractivity contribution in [1.29, 1.82) is 0 Å². The molecule has 0 aliphatic rings. The maximum Gasteiger partial charge on any atom is 0.303 e. The van der Waals surface area contributed by atoms with Gasteiger partial charge in [-0.3, -0.25) is 4.79 Å². The summed E-state index contributed by atoms with van der Waals surface area (Å²) < 4.78 is 0. The van der Waals surface area contributed by atoms with Crippen LogP contribution in [0.3, 0.4) is 0 Å². The van der Waals surface area contributed by atoms with Crippen LogP contribution in [0.5, 0.6) is 0 Å². The van der Waals surface area contributed by atoms with Crippen molar-refractivity contribution in [2.24, 2.45) is 0 Å². The monoisotopic (exact) mass is 254 g/mol. The van der Waals surface area contributed by atoms with E-state index in [2.05, 4.69) is 6.92 Å². The summed E-state index contributed by atoms with van der Waals surface area (Å²) in [5.41, 5.74) is 0. The first kappa shape index (κ1) is 16.9. The number of allylic oxidation sites excluding steroid dienone is 3. The Hall–Kier alpha value is -1.09. The van der Waals surface area contributed by atoms with Crippen LogP contribution in [0, 0.1) is 0 Å². The molecule has 0 spiro atoms. The van der Waals surface area contributed by atoms with E-state index < -0.39 is 5.97 Å². The van der Waals surface area contributed by atoms with Gasteiger partial charge in [0.15, 0.2) is 0 Å². The van der Waals surface area contributed by atoms with Crippen molar-refractivity contribution < 1.29 is 15.0 Å². The van der Waals surface area contributed by atoms with E-state index in [1.165, 1.54) is 0 Å². The molecule has 3 heteroatoms. The number of hydrogen-bond donors (Lipinski definition) is 2. The highest BCUT2D eigenvalue weighted by molar-refractivity contribution is 5.66. The summed E-state index contributed by atoms with van der Waals surface area (Å²) in [5, 5.41) is 18.1. The summed E-state index contributed by atoms with van der Waals surface area (Å²) in [5.74, 6) is -0.712. The van der Waals surface area contributed by atoms with E-state index in [0.717, 1.165) is 44.9 Å². The minimum absolute atomic E-state index is 0.273. The fourth-order valence-corrected chi connectivity index (χ4v) is 1.66. The molecule has 3 nitrogen and oxygen atoms in total. The number of aliphatic carboxylic acids is 1. The number of carboxylic acids is 1. The van der Waals surface area contributed by atoms with Gasteiger partial charge in [0.2, 0.25) is 0 Å². The highest BCUT2D eigenvalue weighted by atomic mass is 16.4. The SMILES string of the molecule is CCC=CC=CC(O)CCCCCCCC(=O)O. The van der Waals surface area contributed by atoms with Crippen LogP contribution in [0.25, 0.3) is 0 Å². The van der Waals surface area contributed by atoms with E-state index in [0.29, 0.717) is 0 Å². The molecule has 1 atom stereocenters. The number of rotatable bonds is 11. The van der Waals surface area contributed by atoms with E-state index in [4.69, 9.17) is 5.11 Å². The van der Waals surface area contributed by atoms with Crippen LogP contribution in [0.2, 0.25) is 0 Å². The molecule has 0 saturated heterocycles. The Bertz CT molecular complexity index is 256. The first-order valence-electron chi connectivity index (χ1n) is 6.90. The van der Waals surface area contributed by atoms with Gasteiger partial charge in [0.05, 0.1) is 6.10 Å². The molecule has 0 aromatic heterocycles. The van der Waals surface area contributed by atoms with Crippen molar-refractivity contribution in [3.8, 4) is 0 Å². The lowest BCUT2D eigenvalue weighted by molar-refractivity contribution is -0.137. The Labute approximate surface area is 110 Å². The first-order chi connectivity index (χ1) is 8.66. The van der Waals surface area contributed by atoms with Crippen LogP contribution in [0.1, 0.15) is 58.3 Å². The molecule has 18 heavy (non-hydrogen) atoms. The maximum atomic E-state index is 10.3. The minimum Gasteiger partial charge on any atom is -0.481 e. The number of unbranched alkanes of at least 4 members (excludes halogenated alkanes) is 4. The zero-order chi connectivity index (χ0) is 13.6. The molecule has 0 fully saturated rings. The average Bonchev–Trinajstić information content (AvgIpc) is 2.33. The van der Waals surface area contributed by atoms with Crippen LogP contribution in [-0.2, 0) is 4.79 Å². The van der Waals surface area contributed by atoms with Crippen molar-refractivity contribution in [1.82, 2.24) is 0 Å². The second-order valence-electron chi connectivity index (χ2n) is 4.49. The second kappa shape index (κ2) is 12.4. The molecule has 0 aromatic carbocycles. The number of aliphatic hydroxyl groups is 1. The molecule has 0 aromatic rings. The lowest BCUT2D eigenvalue weighted by atomic mass is 10.1. The van der Waals surface area contributed by atoms with Gasteiger partial charge in [-0.15, -0.1) is 0 Å². The maximum absolute atomic E-state index is 10.3. The Morgan fingerprint density at radius 3 is 2.44 bits per heavy atom. The first-order valence-corrected chi connectivity index (χ1v) is 6.90. The summed E-state index contributed by atoms with van der Waals surface area (Å²) in [6.07, 6.45) is 14.3. The lowest BCUT2D eigenvalue weighted by Gasteiger charge is -2.04. The fourth-order valence-electron chi connectivity index (χ4n) is 1.66. The molecule has 0 radical (unpaired) electrons. The fraction of sp³-hybridized carbons (Fsp3) is 0.667. The Balaban J connectivity index is 3.35. The second-order valence-corrected chi connectivity index (χ2v) is 4.49. The Morgan fingerprint density at radius 1 is 1.11 bits per heavy atom. The van der Waals surface area contributed by atoms with Crippen molar-refractivity contribution in [3.05, 3.63) is 24.3 Å². The predicted octanol–water partition coefficient (Wildman–Crippen LogP) is 3.69.